The minimum absolute atomic E-state index is 0.815. The topological polar surface area (TPSA) is 27.7 Å². The third-order valence-corrected chi connectivity index (χ3v) is 11.1. The predicted octanol–water partition coefficient (Wildman–Crippen LogP) is 5.02. The van der Waals surface area contributed by atoms with Gasteiger partial charge in [0.15, 0.2) is 8.32 Å². The molecule has 0 aliphatic rings. The minimum Gasteiger partial charge on any atom is -0.418 e. The van der Waals surface area contributed by atoms with Crippen molar-refractivity contribution in [2.24, 2.45) is 0 Å². The Morgan fingerprint density at radius 2 is 1.18 bits per heavy atom. The normalized spacial score (nSPS) is 16.6. The van der Waals surface area contributed by atoms with Crippen molar-refractivity contribution in [3.8, 4) is 0 Å². The molecule has 0 rings (SSSR count). The number of hydrogen-bond donors (Lipinski definition) is 0. The monoisotopic (exact) mass is 380 g/mol. The molecular formula is C15H40O3Si4. The zero-order valence-electron chi connectivity index (χ0n) is 16.8. The molecule has 0 aromatic heterocycles. The van der Waals surface area contributed by atoms with E-state index < -0.39 is 33.0 Å². The van der Waals surface area contributed by atoms with E-state index in [-0.39, 0.29) is 0 Å². The molecule has 0 aliphatic carbocycles. The van der Waals surface area contributed by atoms with E-state index in [1.807, 2.05) is 0 Å². The van der Waals surface area contributed by atoms with Crippen LogP contribution in [0.1, 0.15) is 13.3 Å². The fourth-order valence-electron chi connectivity index (χ4n) is 1.89. The van der Waals surface area contributed by atoms with Gasteiger partial charge >= 0.3 is 0 Å². The summed E-state index contributed by atoms with van der Waals surface area (Å²) in [5.74, 6) is 0. The summed E-state index contributed by atoms with van der Waals surface area (Å²) in [7, 11) is -6.11. The fourth-order valence-corrected chi connectivity index (χ4v) is 12.4. The van der Waals surface area contributed by atoms with Crippen LogP contribution in [0.3, 0.4) is 0 Å². The van der Waals surface area contributed by atoms with Gasteiger partial charge in [0.1, 0.15) is 0 Å². The average Bonchev–Trinajstić information content (AvgIpc) is 2.31. The van der Waals surface area contributed by atoms with Gasteiger partial charge in [0, 0.05) is 6.23 Å². The van der Waals surface area contributed by atoms with E-state index >= 15 is 0 Å². The smallest absolute Gasteiger partial charge is 0.213 e. The molecule has 0 radical (unpaired) electrons. The Labute approximate surface area is 143 Å². The van der Waals surface area contributed by atoms with Gasteiger partial charge in [0.2, 0.25) is 16.6 Å². The molecule has 0 aromatic rings. The van der Waals surface area contributed by atoms with Crippen LogP contribution in [0.25, 0.3) is 0 Å². The lowest BCUT2D eigenvalue weighted by atomic mass is 10.6. The second kappa shape index (κ2) is 8.73. The van der Waals surface area contributed by atoms with Crippen molar-refractivity contribution < 1.29 is 13.3 Å². The zero-order valence-corrected chi connectivity index (χ0v) is 20.8. The predicted molar refractivity (Wildman–Crippen MR) is 109 cm³/mol. The molecule has 0 fully saturated rings. The lowest BCUT2D eigenvalue weighted by molar-refractivity contribution is 0.269. The maximum Gasteiger partial charge on any atom is 0.213 e. The number of rotatable bonds is 11. The van der Waals surface area contributed by atoms with E-state index in [0.717, 1.165) is 18.7 Å². The lowest BCUT2D eigenvalue weighted by Gasteiger charge is -2.34. The van der Waals surface area contributed by atoms with Gasteiger partial charge in [-0.15, -0.1) is 0 Å². The number of hydrogen-bond acceptors (Lipinski definition) is 3. The first-order chi connectivity index (χ1) is 9.68. The van der Waals surface area contributed by atoms with Crippen LogP contribution in [0.4, 0.5) is 0 Å². The first-order valence-electron chi connectivity index (χ1n) is 8.60. The van der Waals surface area contributed by atoms with E-state index in [1.165, 1.54) is 12.5 Å². The average molecular weight is 381 g/mol. The van der Waals surface area contributed by atoms with Crippen LogP contribution in [0.15, 0.2) is 0 Å². The van der Waals surface area contributed by atoms with Gasteiger partial charge in [-0.05, 0) is 45.3 Å². The molecule has 1 unspecified atom stereocenters. The zero-order chi connectivity index (χ0) is 17.7. The van der Waals surface area contributed by atoms with Gasteiger partial charge in [0.05, 0.1) is 20.5 Å². The summed E-state index contributed by atoms with van der Waals surface area (Å²) in [5.41, 5.74) is 0. The van der Waals surface area contributed by atoms with Crippen LogP contribution in [-0.2, 0) is 13.3 Å². The first-order valence-corrected chi connectivity index (χ1v) is 21.7. The van der Waals surface area contributed by atoms with Crippen molar-refractivity contribution in [3.63, 3.8) is 0 Å². The third-order valence-electron chi connectivity index (χ3n) is 3.25. The van der Waals surface area contributed by atoms with Gasteiger partial charge in [-0.2, -0.15) is 0 Å². The van der Waals surface area contributed by atoms with E-state index in [9.17, 15) is 0 Å². The molecule has 7 heteroatoms. The standard InChI is InChI=1S/C15H40O3Si4/c1-11-12-22(10,15-16-20(5,6)7)18-14-21(8,9)17-13-19(2,3)4/h11-15H2,1-10H3. The Bertz CT molecular complexity index is 324. The van der Waals surface area contributed by atoms with E-state index in [2.05, 4.69) is 65.8 Å². The first kappa shape index (κ1) is 22.7. The summed E-state index contributed by atoms with van der Waals surface area (Å²) in [6.45, 7) is 23.0. The minimum atomic E-state index is -1.77. The summed E-state index contributed by atoms with van der Waals surface area (Å²) in [6.07, 6.45) is 3.78. The van der Waals surface area contributed by atoms with Crippen LogP contribution < -0.4 is 0 Å². The molecule has 0 bridgehead atoms. The van der Waals surface area contributed by atoms with Crippen LogP contribution in [-0.4, -0.2) is 51.7 Å². The molecular weight excluding hydrogens is 341 g/mol. The Kier molecular flexibility index (Phi) is 9.03. The highest BCUT2D eigenvalue weighted by Gasteiger charge is 2.35. The summed E-state index contributed by atoms with van der Waals surface area (Å²) in [6, 6.07) is 1.18. The third kappa shape index (κ3) is 12.2. The van der Waals surface area contributed by atoms with E-state index in [0.29, 0.717) is 0 Å². The molecule has 0 saturated carbocycles. The summed E-state index contributed by atoms with van der Waals surface area (Å²) < 4.78 is 18.9. The second-order valence-electron chi connectivity index (χ2n) is 9.50. The van der Waals surface area contributed by atoms with Crippen molar-refractivity contribution in [2.45, 2.75) is 78.3 Å². The molecule has 134 valence electrons. The fraction of sp³-hybridized carbons (Fsp3) is 1.00. The van der Waals surface area contributed by atoms with Gasteiger partial charge in [-0.1, -0.05) is 33.0 Å². The van der Waals surface area contributed by atoms with Crippen molar-refractivity contribution >= 4 is 33.0 Å². The van der Waals surface area contributed by atoms with Crippen molar-refractivity contribution in [2.75, 3.05) is 18.7 Å². The van der Waals surface area contributed by atoms with Crippen molar-refractivity contribution in [1.29, 1.82) is 0 Å². The summed E-state index contributed by atoms with van der Waals surface area (Å²) in [5, 5.41) is 0. The van der Waals surface area contributed by atoms with E-state index in [1.54, 1.807) is 0 Å². The van der Waals surface area contributed by atoms with Gasteiger partial charge in [-0.25, -0.2) is 0 Å². The second-order valence-corrected chi connectivity index (χ2v) is 27.5. The lowest BCUT2D eigenvalue weighted by Crippen LogP contribution is -2.50. The summed E-state index contributed by atoms with van der Waals surface area (Å²) in [4.78, 5) is 0. The maximum absolute atomic E-state index is 6.48. The van der Waals surface area contributed by atoms with Crippen molar-refractivity contribution in [3.05, 3.63) is 0 Å². The molecule has 0 spiro atoms. The van der Waals surface area contributed by atoms with Gasteiger partial charge < -0.3 is 13.3 Å². The highest BCUT2D eigenvalue weighted by Crippen LogP contribution is 2.20. The van der Waals surface area contributed by atoms with Crippen LogP contribution in [0.2, 0.25) is 65.0 Å². The molecule has 3 nitrogen and oxygen atoms in total. The summed E-state index contributed by atoms with van der Waals surface area (Å²) >= 11 is 0. The Morgan fingerprint density at radius 1 is 0.636 bits per heavy atom. The highest BCUT2D eigenvalue weighted by atomic mass is 28.4. The molecule has 0 aliphatic heterocycles. The molecule has 22 heavy (non-hydrogen) atoms. The molecule has 0 amide bonds. The van der Waals surface area contributed by atoms with Crippen LogP contribution in [0.5, 0.6) is 0 Å². The van der Waals surface area contributed by atoms with Gasteiger partial charge in [0.25, 0.3) is 0 Å². The maximum atomic E-state index is 6.48. The van der Waals surface area contributed by atoms with Gasteiger partial charge in [-0.3, -0.25) is 0 Å². The SMILES string of the molecule is CCC[Si](C)(CO[Si](C)(C)C)OC[Si](C)(C)OC[Si](C)(C)C. The Balaban J connectivity index is 4.55. The van der Waals surface area contributed by atoms with Crippen LogP contribution in [0, 0.1) is 0 Å². The molecule has 0 saturated heterocycles. The molecule has 0 N–H and O–H groups in total. The molecule has 0 heterocycles. The van der Waals surface area contributed by atoms with Crippen molar-refractivity contribution in [1.82, 2.24) is 0 Å². The largest absolute Gasteiger partial charge is 0.418 e. The van der Waals surface area contributed by atoms with Crippen LogP contribution >= 0.6 is 0 Å². The Morgan fingerprint density at radius 3 is 1.59 bits per heavy atom. The Hall–Kier alpha value is 0.748. The quantitative estimate of drug-likeness (QED) is 0.471. The highest BCUT2D eigenvalue weighted by molar-refractivity contribution is 6.79. The van der Waals surface area contributed by atoms with E-state index in [4.69, 9.17) is 13.3 Å². The molecule has 1 atom stereocenters. The molecule has 0 aromatic carbocycles.